The zero-order chi connectivity index (χ0) is 21.3. The molecule has 1 aliphatic heterocycles. The minimum Gasteiger partial charge on any atom is -0.335 e. The predicted molar refractivity (Wildman–Crippen MR) is 120 cm³/mol. The predicted octanol–water partition coefficient (Wildman–Crippen LogP) is 4.35. The van der Waals surface area contributed by atoms with E-state index in [1.807, 2.05) is 42.2 Å². The number of rotatable bonds is 6. The molecule has 5 nitrogen and oxygen atoms in total. The van der Waals surface area contributed by atoms with E-state index in [9.17, 15) is 13.2 Å². The number of sulfonamides is 1. The van der Waals surface area contributed by atoms with Gasteiger partial charge in [-0.05, 0) is 62.4 Å². The molecule has 160 valence electrons. The van der Waals surface area contributed by atoms with Crippen molar-refractivity contribution >= 4 is 31.9 Å². The van der Waals surface area contributed by atoms with Gasteiger partial charge < -0.3 is 4.90 Å². The van der Waals surface area contributed by atoms with Crippen LogP contribution in [0.25, 0.3) is 0 Å². The Bertz CT molecular complexity index is 1010. The second-order valence-corrected chi connectivity index (χ2v) is 11.2. The Kier molecular flexibility index (Phi) is 6.32. The average molecular weight is 491 g/mol. The molecule has 0 unspecified atom stereocenters. The van der Waals surface area contributed by atoms with Gasteiger partial charge in [-0.1, -0.05) is 45.8 Å². The highest BCUT2D eigenvalue weighted by Crippen LogP contribution is 2.33. The summed E-state index contributed by atoms with van der Waals surface area (Å²) < 4.78 is 28.4. The molecule has 0 aromatic heterocycles. The normalized spacial score (nSPS) is 18.3. The van der Waals surface area contributed by atoms with E-state index in [2.05, 4.69) is 22.0 Å². The second kappa shape index (κ2) is 8.81. The summed E-state index contributed by atoms with van der Waals surface area (Å²) in [6.45, 7) is 3.34. The number of hydrogen-bond donors (Lipinski definition) is 0. The molecule has 1 saturated heterocycles. The third-order valence-corrected chi connectivity index (χ3v) is 8.38. The third kappa shape index (κ3) is 4.79. The summed E-state index contributed by atoms with van der Waals surface area (Å²) in [6, 6.07) is 15.4. The minimum atomic E-state index is -3.50. The molecule has 2 aromatic carbocycles. The van der Waals surface area contributed by atoms with Crippen LogP contribution in [-0.4, -0.2) is 42.7 Å². The second-order valence-electron chi connectivity index (χ2n) is 8.32. The molecule has 0 N–H and O–H groups in total. The van der Waals surface area contributed by atoms with Gasteiger partial charge in [0.2, 0.25) is 15.9 Å². The highest BCUT2D eigenvalue weighted by atomic mass is 79.9. The average Bonchev–Trinajstić information content (AvgIpc) is 3.57. The number of benzene rings is 2. The lowest BCUT2D eigenvalue weighted by molar-refractivity contribution is -0.138. The van der Waals surface area contributed by atoms with Crippen molar-refractivity contribution in [2.45, 2.75) is 50.1 Å². The maximum atomic E-state index is 13.3. The zero-order valence-corrected chi connectivity index (χ0v) is 19.5. The summed E-state index contributed by atoms with van der Waals surface area (Å²) in [5, 5.41) is 0. The lowest BCUT2D eigenvalue weighted by Crippen LogP contribution is -2.44. The van der Waals surface area contributed by atoms with Gasteiger partial charge in [0.25, 0.3) is 0 Å². The fourth-order valence-corrected chi connectivity index (χ4v) is 5.96. The monoisotopic (exact) mass is 490 g/mol. The van der Waals surface area contributed by atoms with Crippen LogP contribution in [-0.2, 0) is 21.4 Å². The molecule has 1 heterocycles. The SMILES string of the molecule is Cc1ccc(S(=O)(=O)N2CCC(C(=O)N(Cc3cccc(Br)c3)C3CC3)CC2)cc1. The van der Waals surface area contributed by atoms with Crippen molar-refractivity contribution in [3.05, 3.63) is 64.1 Å². The molecule has 0 radical (unpaired) electrons. The molecule has 2 fully saturated rings. The fourth-order valence-electron chi connectivity index (χ4n) is 4.04. The maximum absolute atomic E-state index is 13.3. The lowest BCUT2D eigenvalue weighted by atomic mass is 9.96. The molecule has 7 heteroatoms. The van der Waals surface area contributed by atoms with Crippen molar-refractivity contribution in [3.8, 4) is 0 Å². The van der Waals surface area contributed by atoms with Gasteiger partial charge in [-0.2, -0.15) is 4.31 Å². The van der Waals surface area contributed by atoms with Gasteiger partial charge in [0.05, 0.1) is 4.90 Å². The number of amides is 1. The van der Waals surface area contributed by atoms with Crippen LogP contribution >= 0.6 is 15.9 Å². The van der Waals surface area contributed by atoms with Crippen molar-refractivity contribution in [2.75, 3.05) is 13.1 Å². The molecule has 1 saturated carbocycles. The summed E-state index contributed by atoms with van der Waals surface area (Å²) in [7, 11) is -3.50. The molecule has 2 aromatic rings. The largest absolute Gasteiger partial charge is 0.335 e. The van der Waals surface area contributed by atoms with E-state index in [0.717, 1.165) is 28.4 Å². The summed E-state index contributed by atoms with van der Waals surface area (Å²) in [5.41, 5.74) is 2.15. The van der Waals surface area contributed by atoms with E-state index in [1.165, 1.54) is 4.31 Å². The highest BCUT2D eigenvalue weighted by Gasteiger charge is 2.38. The van der Waals surface area contributed by atoms with Crippen molar-refractivity contribution in [3.63, 3.8) is 0 Å². The first-order valence-electron chi connectivity index (χ1n) is 10.5. The molecule has 0 spiro atoms. The van der Waals surface area contributed by atoms with E-state index < -0.39 is 10.0 Å². The van der Waals surface area contributed by atoms with Gasteiger partial charge in [-0.3, -0.25) is 4.79 Å². The Labute approximate surface area is 187 Å². The van der Waals surface area contributed by atoms with Crippen LogP contribution in [0.3, 0.4) is 0 Å². The molecule has 0 atom stereocenters. The van der Waals surface area contributed by atoms with Gasteiger partial charge in [0, 0.05) is 36.1 Å². The van der Waals surface area contributed by atoms with Gasteiger partial charge in [0.1, 0.15) is 0 Å². The van der Waals surface area contributed by atoms with Gasteiger partial charge in [-0.25, -0.2) is 8.42 Å². The molecular weight excluding hydrogens is 464 g/mol. The molecule has 1 amide bonds. The van der Waals surface area contributed by atoms with Gasteiger partial charge in [-0.15, -0.1) is 0 Å². The van der Waals surface area contributed by atoms with Crippen LogP contribution in [0.5, 0.6) is 0 Å². The summed E-state index contributed by atoms with van der Waals surface area (Å²) in [6.07, 6.45) is 3.26. The van der Waals surface area contributed by atoms with E-state index in [0.29, 0.717) is 43.4 Å². The van der Waals surface area contributed by atoms with Gasteiger partial charge in [0.15, 0.2) is 0 Å². The van der Waals surface area contributed by atoms with Crippen LogP contribution in [0.1, 0.15) is 36.8 Å². The van der Waals surface area contributed by atoms with Crippen LogP contribution < -0.4 is 0 Å². The van der Waals surface area contributed by atoms with Crippen LogP contribution in [0, 0.1) is 12.8 Å². The maximum Gasteiger partial charge on any atom is 0.243 e. The Morgan fingerprint density at radius 1 is 1.07 bits per heavy atom. The zero-order valence-electron chi connectivity index (χ0n) is 17.1. The third-order valence-electron chi connectivity index (χ3n) is 5.97. The molecule has 0 bridgehead atoms. The first kappa shape index (κ1) is 21.5. The Balaban J connectivity index is 1.41. The minimum absolute atomic E-state index is 0.109. The Hall–Kier alpha value is -1.70. The quantitative estimate of drug-likeness (QED) is 0.604. The Morgan fingerprint density at radius 3 is 2.33 bits per heavy atom. The number of piperidine rings is 1. The van der Waals surface area contributed by atoms with Crippen molar-refractivity contribution in [1.29, 1.82) is 0 Å². The van der Waals surface area contributed by atoms with Crippen molar-refractivity contribution in [2.24, 2.45) is 5.92 Å². The number of hydrogen-bond acceptors (Lipinski definition) is 3. The highest BCUT2D eigenvalue weighted by molar-refractivity contribution is 9.10. The van der Waals surface area contributed by atoms with Crippen LogP contribution in [0.4, 0.5) is 0 Å². The van der Waals surface area contributed by atoms with E-state index in [4.69, 9.17) is 0 Å². The number of halogens is 1. The van der Waals surface area contributed by atoms with Crippen LogP contribution in [0.15, 0.2) is 57.9 Å². The lowest BCUT2D eigenvalue weighted by Gasteiger charge is -2.34. The molecule has 2 aliphatic rings. The molecule has 1 aliphatic carbocycles. The standard InChI is InChI=1S/C23H27BrN2O3S/c1-17-5-9-22(10-6-17)30(28,29)25-13-11-19(12-14-25)23(27)26(21-7-8-21)16-18-3-2-4-20(24)15-18/h2-6,9-10,15,19,21H,7-8,11-14,16H2,1H3. The van der Waals surface area contributed by atoms with E-state index >= 15 is 0 Å². The summed E-state index contributed by atoms with van der Waals surface area (Å²) >= 11 is 3.50. The smallest absolute Gasteiger partial charge is 0.243 e. The number of nitrogens with zero attached hydrogens (tertiary/aromatic N) is 2. The number of carbonyl (C=O) groups excluding carboxylic acids is 1. The molecule has 4 rings (SSSR count). The van der Waals surface area contributed by atoms with Crippen LogP contribution in [0.2, 0.25) is 0 Å². The van der Waals surface area contributed by atoms with E-state index in [-0.39, 0.29) is 11.8 Å². The molecular formula is C23H27BrN2O3S. The summed E-state index contributed by atoms with van der Waals surface area (Å²) in [4.78, 5) is 15.6. The number of carbonyl (C=O) groups is 1. The first-order chi connectivity index (χ1) is 14.3. The first-order valence-corrected chi connectivity index (χ1v) is 12.7. The molecule has 30 heavy (non-hydrogen) atoms. The fraction of sp³-hybridized carbons (Fsp3) is 0.435. The van der Waals surface area contributed by atoms with E-state index in [1.54, 1.807) is 12.1 Å². The summed E-state index contributed by atoms with van der Waals surface area (Å²) in [5.74, 6) is 0.0621. The van der Waals surface area contributed by atoms with Crippen molar-refractivity contribution in [1.82, 2.24) is 9.21 Å². The topological polar surface area (TPSA) is 57.7 Å². The Morgan fingerprint density at radius 2 is 1.73 bits per heavy atom. The van der Waals surface area contributed by atoms with Gasteiger partial charge >= 0.3 is 0 Å². The van der Waals surface area contributed by atoms with Crippen molar-refractivity contribution < 1.29 is 13.2 Å². The number of aryl methyl sites for hydroxylation is 1.